The molecular formula is C37H25N3. The molecule has 0 saturated carbocycles. The SMILES string of the molecule is c1ccc(-c2nc(-c3ccccc3)nc(-c3cccc(-c4cccc(-c5ccc6ccccc6c5)c4)c3)n2)cc1. The lowest BCUT2D eigenvalue weighted by Gasteiger charge is -2.10. The average Bonchev–Trinajstić information content (AvgIpc) is 3.05. The summed E-state index contributed by atoms with van der Waals surface area (Å²) in [6.07, 6.45) is 0. The molecule has 0 aliphatic rings. The second-order valence-corrected chi connectivity index (χ2v) is 9.76. The molecule has 1 aromatic heterocycles. The molecule has 0 spiro atoms. The Hall–Kier alpha value is -5.41. The monoisotopic (exact) mass is 511 g/mol. The summed E-state index contributed by atoms with van der Waals surface area (Å²) >= 11 is 0. The zero-order chi connectivity index (χ0) is 26.7. The number of aromatic nitrogens is 3. The van der Waals surface area contributed by atoms with E-state index in [1.807, 2.05) is 60.7 Å². The van der Waals surface area contributed by atoms with Gasteiger partial charge in [0.2, 0.25) is 0 Å². The number of benzene rings is 6. The Bertz CT molecular complexity index is 1890. The Kier molecular flexibility index (Phi) is 6.15. The van der Waals surface area contributed by atoms with Gasteiger partial charge in [-0.2, -0.15) is 0 Å². The van der Waals surface area contributed by atoms with Crippen molar-refractivity contribution in [1.29, 1.82) is 0 Å². The fourth-order valence-electron chi connectivity index (χ4n) is 5.02. The summed E-state index contributed by atoms with van der Waals surface area (Å²) in [6, 6.07) is 52.4. The molecule has 0 aliphatic heterocycles. The molecule has 6 aromatic carbocycles. The van der Waals surface area contributed by atoms with E-state index < -0.39 is 0 Å². The molecular weight excluding hydrogens is 486 g/mol. The minimum atomic E-state index is 0.653. The maximum Gasteiger partial charge on any atom is 0.164 e. The third kappa shape index (κ3) is 4.77. The van der Waals surface area contributed by atoms with Crippen LogP contribution in [0, 0.1) is 0 Å². The van der Waals surface area contributed by atoms with Crippen molar-refractivity contribution >= 4 is 10.8 Å². The molecule has 1 heterocycles. The van der Waals surface area contributed by atoms with Crippen molar-refractivity contribution in [3.8, 4) is 56.4 Å². The predicted molar refractivity (Wildman–Crippen MR) is 165 cm³/mol. The lowest BCUT2D eigenvalue weighted by atomic mass is 9.96. The van der Waals surface area contributed by atoms with Crippen LogP contribution >= 0.6 is 0 Å². The van der Waals surface area contributed by atoms with Crippen molar-refractivity contribution in [2.24, 2.45) is 0 Å². The Labute approximate surface area is 233 Å². The molecule has 7 rings (SSSR count). The first kappa shape index (κ1) is 23.7. The van der Waals surface area contributed by atoms with Gasteiger partial charge in [0.25, 0.3) is 0 Å². The van der Waals surface area contributed by atoms with Gasteiger partial charge in [-0.25, -0.2) is 15.0 Å². The highest BCUT2D eigenvalue weighted by Crippen LogP contribution is 2.31. The van der Waals surface area contributed by atoms with Crippen LogP contribution in [0.4, 0.5) is 0 Å². The van der Waals surface area contributed by atoms with Gasteiger partial charge < -0.3 is 0 Å². The highest BCUT2D eigenvalue weighted by Gasteiger charge is 2.13. The Morgan fingerprint density at radius 2 is 0.650 bits per heavy atom. The number of nitrogens with zero attached hydrogens (tertiary/aromatic N) is 3. The van der Waals surface area contributed by atoms with Gasteiger partial charge in [-0.3, -0.25) is 0 Å². The average molecular weight is 512 g/mol. The zero-order valence-electron chi connectivity index (χ0n) is 21.8. The molecule has 0 saturated heterocycles. The second-order valence-electron chi connectivity index (χ2n) is 9.76. The van der Waals surface area contributed by atoms with Gasteiger partial charge in [-0.15, -0.1) is 0 Å². The van der Waals surface area contributed by atoms with Gasteiger partial charge in [0.15, 0.2) is 17.5 Å². The lowest BCUT2D eigenvalue weighted by Crippen LogP contribution is -2.00. The van der Waals surface area contributed by atoms with Crippen LogP contribution in [0.5, 0.6) is 0 Å². The van der Waals surface area contributed by atoms with Crippen molar-refractivity contribution in [2.75, 3.05) is 0 Å². The molecule has 0 aliphatic carbocycles. The summed E-state index contributed by atoms with van der Waals surface area (Å²) in [5, 5.41) is 2.49. The molecule has 0 unspecified atom stereocenters. The normalized spacial score (nSPS) is 11.0. The van der Waals surface area contributed by atoms with E-state index in [1.54, 1.807) is 0 Å². The van der Waals surface area contributed by atoms with Crippen LogP contribution in [0.15, 0.2) is 152 Å². The van der Waals surface area contributed by atoms with E-state index in [2.05, 4.69) is 91.0 Å². The molecule has 3 heteroatoms. The van der Waals surface area contributed by atoms with Crippen LogP contribution in [-0.4, -0.2) is 15.0 Å². The van der Waals surface area contributed by atoms with Crippen molar-refractivity contribution in [3.05, 3.63) is 152 Å². The van der Waals surface area contributed by atoms with Gasteiger partial charge in [0.05, 0.1) is 0 Å². The minimum Gasteiger partial charge on any atom is -0.208 e. The van der Waals surface area contributed by atoms with Gasteiger partial charge in [-0.05, 0) is 51.2 Å². The van der Waals surface area contributed by atoms with E-state index in [4.69, 9.17) is 15.0 Å². The smallest absolute Gasteiger partial charge is 0.164 e. The van der Waals surface area contributed by atoms with E-state index in [1.165, 1.54) is 21.9 Å². The first-order chi connectivity index (χ1) is 19.8. The summed E-state index contributed by atoms with van der Waals surface area (Å²) in [6.45, 7) is 0. The van der Waals surface area contributed by atoms with Gasteiger partial charge in [0.1, 0.15) is 0 Å². The van der Waals surface area contributed by atoms with Crippen molar-refractivity contribution in [1.82, 2.24) is 15.0 Å². The third-order valence-corrected chi connectivity index (χ3v) is 7.10. The highest BCUT2D eigenvalue weighted by molar-refractivity contribution is 5.88. The van der Waals surface area contributed by atoms with Crippen LogP contribution in [0.25, 0.3) is 67.2 Å². The van der Waals surface area contributed by atoms with E-state index in [0.29, 0.717) is 17.5 Å². The fraction of sp³-hybridized carbons (Fsp3) is 0. The summed E-state index contributed by atoms with van der Waals surface area (Å²) in [4.78, 5) is 14.6. The Balaban J connectivity index is 1.30. The standard InChI is InChI=1S/C37H25N3/c1-3-12-27(13-4-1)35-38-36(28-14-5-2-6-15-28)40-37(39-35)34-20-10-19-32(25-34)30-17-9-18-31(24-30)33-22-21-26-11-7-8-16-29(26)23-33/h1-25H. The van der Waals surface area contributed by atoms with Crippen molar-refractivity contribution < 1.29 is 0 Å². The fourth-order valence-corrected chi connectivity index (χ4v) is 5.02. The van der Waals surface area contributed by atoms with Crippen LogP contribution in [0.3, 0.4) is 0 Å². The molecule has 0 bridgehead atoms. The van der Waals surface area contributed by atoms with Crippen LogP contribution < -0.4 is 0 Å². The second kappa shape index (κ2) is 10.4. The minimum absolute atomic E-state index is 0.653. The number of fused-ring (bicyclic) bond motifs is 1. The van der Waals surface area contributed by atoms with E-state index in [9.17, 15) is 0 Å². The van der Waals surface area contributed by atoms with Crippen LogP contribution in [-0.2, 0) is 0 Å². The molecule has 0 N–H and O–H groups in total. The molecule has 0 radical (unpaired) electrons. The van der Waals surface area contributed by atoms with Crippen LogP contribution in [0.2, 0.25) is 0 Å². The Morgan fingerprint density at radius 1 is 0.250 bits per heavy atom. The van der Waals surface area contributed by atoms with Crippen molar-refractivity contribution in [3.63, 3.8) is 0 Å². The maximum atomic E-state index is 4.91. The molecule has 40 heavy (non-hydrogen) atoms. The van der Waals surface area contributed by atoms with Crippen LogP contribution in [0.1, 0.15) is 0 Å². The van der Waals surface area contributed by atoms with E-state index in [-0.39, 0.29) is 0 Å². The summed E-state index contributed by atoms with van der Waals surface area (Å²) in [7, 11) is 0. The summed E-state index contributed by atoms with van der Waals surface area (Å²) in [5.41, 5.74) is 7.52. The maximum absolute atomic E-state index is 4.91. The molecule has 7 aromatic rings. The van der Waals surface area contributed by atoms with E-state index >= 15 is 0 Å². The topological polar surface area (TPSA) is 38.7 Å². The quantitative estimate of drug-likeness (QED) is 0.231. The number of hydrogen-bond donors (Lipinski definition) is 0. The number of hydrogen-bond acceptors (Lipinski definition) is 3. The number of rotatable bonds is 5. The summed E-state index contributed by atoms with van der Waals surface area (Å²) < 4.78 is 0. The lowest BCUT2D eigenvalue weighted by molar-refractivity contribution is 1.07. The molecule has 3 nitrogen and oxygen atoms in total. The molecule has 0 fully saturated rings. The van der Waals surface area contributed by atoms with Gasteiger partial charge in [-0.1, -0.05) is 133 Å². The Morgan fingerprint density at radius 3 is 1.23 bits per heavy atom. The summed E-state index contributed by atoms with van der Waals surface area (Å²) in [5.74, 6) is 1.97. The molecule has 0 amide bonds. The first-order valence-corrected chi connectivity index (χ1v) is 13.4. The van der Waals surface area contributed by atoms with Gasteiger partial charge >= 0.3 is 0 Å². The molecule has 0 atom stereocenters. The zero-order valence-corrected chi connectivity index (χ0v) is 21.8. The van der Waals surface area contributed by atoms with E-state index in [0.717, 1.165) is 27.8 Å². The highest BCUT2D eigenvalue weighted by atomic mass is 15.0. The first-order valence-electron chi connectivity index (χ1n) is 13.4. The van der Waals surface area contributed by atoms with Crippen molar-refractivity contribution in [2.45, 2.75) is 0 Å². The largest absolute Gasteiger partial charge is 0.208 e. The third-order valence-electron chi connectivity index (χ3n) is 7.10. The predicted octanol–water partition coefficient (Wildman–Crippen LogP) is 9.36. The molecule has 188 valence electrons. The van der Waals surface area contributed by atoms with Gasteiger partial charge in [0, 0.05) is 16.7 Å².